The quantitative estimate of drug-likeness (QED) is 0.628. The summed E-state index contributed by atoms with van der Waals surface area (Å²) in [6, 6.07) is 13.3. The van der Waals surface area contributed by atoms with Crippen LogP contribution < -0.4 is 16.0 Å². The van der Waals surface area contributed by atoms with Gasteiger partial charge in [0, 0.05) is 23.5 Å². The molecule has 5 nitrogen and oxygen atoms in total. The highest BCUT2D eigenvalue weighted by Crippen LogP contribution is 2.19. The van der Waals surface area contributed by atoms with E-state index in [4.69, 9.17) is 0 Å². The minimum absolute atomic E-state index is 0.0777. The minimum atomic E-state index is -0.112. The third kappa shape index (κ3) is 6.41. The first-order valence-corrected chi connectivity index (χ1v) is 9.78. The zero-order valence-electron chi connectivity index (χ0n) is 17.4. The van der Waals surface area contributed by atoms with Crippen LogP contribution in [0.1, 0.15) is 55.1 Å². The van der Waals surface area contributed by atoms with Crippen molar-refractivity contribution in [1.29, 1.82) is 0 Å². The largest absolute Gasteiger partial charge is 0.376 e. The van der Waals surface area contributed by atoms with Crippen molar-refractivity contribution in [3.05, 3.63) is 59.2 Å². The van der Waals surface area contributed by atoms with Crippen molar-refractivity contribution >= 4 is 23.2 Å². The third-order valence-electron chi connectivity index (χ3n) is 4.44. The molecular weight excluding hydrogens is 350 g/mol. The number of hydrogen-bond donors (Lipinski definition) is 3. The molecule has 2 aromatic rings. The van der Waals surface area contributed by atoms with Gasteiger partial charge in [-0.05, 0) is 60.2 Å². The summed E-state index contributed by atoms with van der Waals surface area (Å²) in [7, 11) is 0. The van der Waals surface area contributed by atoms with Crippen molar-refractivity contribution in [3.8, 4) is 0 Å². The van der Waals surface area contributed by atoms with Crippen LogP contribution in [0.25, 0.3) is 0 Å². The van der Waals surface area contributed by atoms with Crippen LogP contribution in [0.3, 0.4) is 0 Å². The fourth-order valence-corrected chi connectivity index (χ4v) is 2.76. The molecule has 0 saturated carbocycles. The second kappa shape index (κ2) is 9.93. The fourth-order valence-electron chi connectivity index (χ4n) is 2.76. The Kier molecular flexibility index (Phi) is 7.61. The lowest BCUT2D eigenvalue weighted by Crippen LogP contribution is -2.27. The molecule has 150 valence electrons. The summed E-state index contributed by atoms with van der Waals surface area (Å²) in [5.74, 6) is 0.629. The summed E-state index contributed by atoms with van der Waals surface area (Å²) < 4.78 is 0. The summed E-state index contributed by atoms with van der Waals surface area (Å²) in [5, 5.41) is 8.97. The van der Waals surface area contributed by atoms with Gasteiger partial charge in [0.15, 0.2) is 0 Å². The molecule has 2 aromatic carbocycles. The average molecular weight is 382 g/mol. The first-order valence-electron chi connectivity index (χ1n) is 9.78. The van der Waals surface area contributed by atoms with Gasteiger partial charge in [0.05, 0.1) is 6.54 Å². The molecule has 5 heteroatoms. The number of amides is 2. The van der Waals surface area contributed by atoms with Crippen molar-refractivity contribution in [1.82, 2.24) is 5.32 Å². The Morgan fingerprint density at radius 1 is 1.00 bits per heavy atom. The van der Waals surface area contributed by atoms with Gasteiger partial charge in [-0.1, -0.05) is 39.8 Å². The topological polar surface area (TPSA) is 70.2 Å². The van der Waals surface area contributed by atoms with Crippen LogP contribution in [0.5, 0.6) is 0 Å². The first-order chi connectivity index (χ1) is 13.3. The van der Waals surface area contributed by atoms with Crippen molar-refractivity contribution < 1.29 is 9.59 Å². The average Bonchev–Trinajstić information content (AvgIpc) is 2.65. The molecule has 0 aliphatic heterocycles. The molecule has 0 bridgehead atoms. The van der Waals surface area contributed by atoms with E-state index < -0.39 is 0 Å². The van der Waals surface area contributed by atoms with Crippen molar-refractivity contribution in [2.24, 2.45) is 5.92 Å². The molecule has 2 amide bonds. The van der Waals surface area contributed by atoms with Crippen molar-refractivity contribution in [2.75, 3.05) is 23.7 Å². The summed E-state index contributed by atoms with van der Waals surface area (Å²) >= 11 is 0. The van der Waals surface area contributed by atoms with Gasteiger partial charge in [0.25, 0.3) is 5.91 Å². The molecule has 0 aliphatic rings. The predicted octanol–water partition coefficient (Wildman–Crippen LogP) is 4.55. The van der Waals surface area contributed by atoms with E-state index >= 15 is 0 Å². The van der Waals surface area contributed by atoms with Gasteiger partial charge in [-0.2, -0.15) is 0 Å². The van der Waals surface area contributed by atoms with Crippen LogP contribution in [-0.4, -0.2) is 24.9 Å². The third-order valence-corrected chi connectivity index (χ3v) is 4.44. The number of hydrogen-bond acceptors (Lipinski definition) is 3. The van der Waals surface area contributed by atoms with E-state index in [1.165, 1.54) is 5.56 Å². The maximum Gasteiger partial charge on any atom is 0.251 e. The zero-order chi connectivity index (χ0) is 20.7. The predicted molar refractivity (Wildman–Crippen MR) is 116 cm³/mol. The Morgan fingerprint density at radius 3 is 2.39 bits per heavy atom. The number of nitrogens with one attached hydrogen (secondary N) is 3. The molecule has 0 spiro atoms. The first kappa shape index (κ1) is 21.5. The molecule has 0 aliphatic carbocycles. The lowest BCUT2D eigenvalue weighted by molar-refractivity contribution is -0.114. The summed E-state index contributed by atoms with van der Waals surface area (Å²) in [4.78, 5) is 24.4. The van der Waals surface area contributed by atoms with E-state index in [2.05, 4.69) is 49.7 Å². The number of rotatable bonds is 8. The zero-order valence-corrected chi connectivity index (χ0v) is 17.4. The highest BCUT2D eigenvalue weighted by Gasteiger charge is 2.09. The maximum absolute atomic E-state index is 12.3. The molecule has 0 saturated heterocycles. The second-order valence-corrected chi connectivity index (χ2v) is 7.82. The lowest BCUT2D eigenvalue weighted by atomic mass is 10.0. The second-order valence-electron chi connectivity index (χ2n) is 7.82. The van der Waals surface area contributed by atoms with Crippen molar-refractivity contribution in [3.63, 3.8) is 0 Å². The Hall–Kier alpha value is -2.82. The van der Waals surface area contributed by atoms with Gasteiger partial charge < -0.3 is 16.0 Å². The maximum atomic E-state index is 12.3. The van der Waals surface area contributed by atoms with Gasteiger partial charge in [0.1, 0.15) is 0 Å². The molecule has 0 fully saturated rings. The van der Waals surface area contributed by atoms with Crippen molar-refractivity contribution in [2.45, 2.75) is 40.5 Å². The highest BCUT2D eigenvalue weighted by atomic mass is 16.2. The van der Waals surface area contributed by atoms with Crippen LogP contribution >= 0.6 is 0 Å². The van der Waals surface area contributed by atoms with Crippen LogP contribution in [0.4, 0.5) is 11.4 Å². The number of carbonyl (C=O) groups excluding carboxylic acids is 2. The van der Waals surface area contributed by atoms with E-state index in [1.807, 2.05) is 37.3 Å². The fraction of sp³-hybridized carbons (Fsp3) is 0.391. The van der Waals surface area contributed by atoms with E-state index in [-0.39, 0.29) is 18.4 Å². The molecule has 3 N–H and O–H groups in total. The van der Waals surface area contributed by atoms with E-state index in [0.717, 1.165) is 16.9 Å². The van der Waals surface area contributed by atoms with E-state index in [0.29, 0.717) is 23.9 Å². The van der Waals surface area contributed by atoms with Crippen LogP contribution in [0.2, 0.25) is 0 Å². The van der Waals surface area contributed by atoms with Gasteiger partial charge in [-0.3, -0.25) is 9.59 Å². The van der Waals surface area contributed by atoms with Gasteiger partial charge in [0.2, 0.25) is 5.91 Å². The van der Waals surface area contributed by atoms with Crippen LogP contribution in [-0.2, 0) is 4.79 Å². The van der Waals surface area contributed by atoms with E-state index in [1.54, 1.807) is 6.07 Å². The summed E-state index contributed by atoms with van der Waals surface area (Å²) in [6.45, 7) is 11.1. The Balaban J connectivity index is 1.92. The molecule has 0 unspecified atom stereocenters. The summed E-state index contributed by atoms with van der Waals surface area (Å²) in [5.41, 5.74) is 4.37. The number of aryl methyl sites for hydroxylation is 1. The molecule has 0 aromatic heterocycles. The molecular formula is C23H31N3O2. The number of benzene rings is 2. The molecule has 0 radical (unpaired) electrons. The Labute approximate surface area is 167 Å². The SMILES string of the molecule is Cc1cc(C(=O)NCC(C)C)ccc1NCC(=O)Nc1cccc(C(C)C)c1. The Bertz CT molecular complexity index is 828. The summed E-state index contributed by atoms with van der Waals surface area (Å²) in [6.07, 6.45) is 0. The van der Waals surface area contributed by atoms with Crippen LogP contribution in [0.15, 0.2) is 42.5 Å². The monoisotopic (exact) mass is 381 g/mol. The molecule has 0 atom stereocenters. The smallest absolute Gasteiger partial charge is 0.251 e. The van der Waals surface area contributed by atoms with Crippen LogP contribution in [0, 0.1) is 12.8 Å². The van der Waals surface area contributed by atoms with Gasteiger partial charge in [-0.15, -0.1) is 0 Å². The normalized spacial score (nSPS) is 10.8. The lowest BCUT2D eigenvalue weighted by Gasteiger charge is -2.13. The van der Waals surface area contributed by atoms with Gasteiger partial charge in [-0.25, -0.2) is 0 Å². The molecule has 0 heterocycles. The van der Waals surface area contributed by atoms with E-state index in [9.17, 15) is 9.59 Å². The molecule has 2 rings (SSSR count). The standard InChI is InChI=1S/C23H31N3O2/c1-15(2)13-25-23(28)19-9-10-21(17(5)11-19)24-14-22(27)26-20-8-6-7-18(12-20)16(3)4/h6-12,15-16,24H,13-14H2,1-5H3,(H,25,28)(H,26,27). The minimum Gasteiger partial charge on any atom is -0.376 e. The molecule has 28 heavy (non-hydrogen) atoms. The van der Waals surface area contributed by atoms with Gasteiger partial charge >= 0.3 is 0 Å². The number of carbonyl (C=O) groups is 2. The number of anilines is 2. The Morgan fingerprint density at radius 2 is 1.75 bits per heavy atom. The highest BCUT2D eigenvalue weighted by molar-refractivity contribution is 5.96.